The summed E-state index contributed by atoms with van der Waals surface area (Å²) >= 11 is 0. The molecule has 1 saturated carbocycles. The number of nitrogens with two attached hydrogens (primary N) is 2. The third kappa shape index (κ3) is 4.87. The summed E-state index contributed by atoms with van der Waals surface area (Å²) in [7, 11) is 0. The van der Waals surface area contributed by atoms with Crippen molar-refractivity contribution >= 4 is 5.91 Å². The molecule has 0 aliphatic heterocycles. The van der Waals surface area contributed by atoms with Gasteiger partial charge in [0.15, 0.2) is 11.5 Å². The van der Waals surface area contributed by atoms with Crippen molar-refractivity contribution < 1.29 is 14.4 Å². The number of amides is 1. The number of carbonyl (C=O) groups excluding carboxylic acids is 1. The standard InChI is InChI=1S/C17H21N5O3.C2H6/c18-9-14(10-23)22(19)13-6-12(7-13)20-17(24)15-8-16(25-21-15)11-4-2-1-3-5-11;1-2/h1-5,8-9,12-13,23H,6-7,10,18-19H2,(H,20,24);1-2H3/b14-9-;. The minimum Gasteiger partial charge on any atom is -0.403 e. The first-order valence-electron chi connectivity index (χ1n) is 9.01. The average molecular weight is 373 g/mol. The number of hydrogen-bond donors (Lipinski definition) is 4. The van der Waals surface area contributed by atoms with Crippen LogP contribution in [0.5, 0.6) is 0 Å². The van der Waals surface area contributed by atoms with Gasteiger partial charge in [0.05, 0.1) is 12.3 Å². The quantitative estimate of drug-likeness (QED) is 0.447. The van der Waals surface area contributed by atoms with Gasteiger partial charge in [-0.05, 0) is 12.8 Å². The lowest BCUT2D eigenvalue weighted by molar-refractivity contribution is 0.0801. The van der Waals surface area contributed by atoms with E-state index in [1.54, 1.807) is 6.07 Å². The molecule has 2 aromatic rings. The Labute approximate surface area is 158 Å². The molecule has 0 saturated heterocycles. The second-order valence-electron chi connectivity index (χ2n) is 5.96. The number of nitrogens with one attached hydrogen (secondary N) is 1. The van der Waals surface area contributed by atoms with Crippen LogP contribution in [0.15, 0.2) is 52.8 Å². The van der Waals surface area contributed by atoms with Crippen LogP contribution in [0.25, 0.3) is 11.3 Å². The van der Waals surface area contributed by atoms with E-state index in [4.69, 9.17) is 21.2 Å². The number of aromatic nitrogens is 1. The van der Waals surface area contributed by atoms with Crippen molar-refractivity contribution in [1.82, 2.24) is 15.5 Å². The van der Waals surface area contributed by atoms with E-state index < -0.39 is 0 Å². The molecule has 1 aliphatic rings. The van der Waals surface area contributed by atoms with Crippen LogP contribution in [0.4, 0.5) is 0 Å². The first-order chi connectivity index (χ1) is 13.1. The van der Waals surface area contributed by atoms with Gasteiger partial charge in [0.25, 0.3) is 5.91 Å². The molecule has 1 heterocycles. The number of aliphatic hydroxyl groups excluding tert-OH is 1. The van der Waals surface area contributed by atoms with E-state index in [1.165, 1.54) is 11.2 Å². The Morgan fingerprint density at radius 1 is 1.37 bits per heavy atom. The van der Waals surface area contributed by atoms with Gasteiger partial charge in [0, 0.05) is 29.9 Å². The SMILES string of the molecule is CC.N/C=C(/CO)N(N)C1CC(NC(=O)c2cc(-c3ccccc3)on2)C1. The molecule has 1 fully saturated rings. The summed E-state index contributed by atoms with van der Waals surface area (Å²) in [6, 6.07) is 11.1. The van der Waals surface area contributed by atoms with Crippen LogP contribution in [0, 0.1) is 0 Å². The first-order valence-corrected chi connectivity index (χ1v) is 9.01. The lowest BCUT2D eigenvalue weighted by atomic mass is 9.86. The molecule has 1 amide bonds. The van der Waals surface area contributed by atoms with Crippen LogP contribution in [0.2, 0.25) is 0 Å². The number of nitrogens with zero attached hydrogens (tertiary/aromatic N) is 2. The second kappa shape index (κ2) is 9.75. The van der Waals surface area contributed by atoms with Gasteiger partial charge >= 0.3 is 0 Å². The lowest BCUT2D eigenvalue weighted by Crippen LogP contribution is -2.56. The van der Waals surface area contributed by atoms with Crippen molar-refractivity contribution in [3.63, 3.8) is 0 Å². The van der Waals surface area contributed by atoms with Gasteiger partial charge in [-0.1, -0.05) is 49.3 Å². The number of rotatable bonds is 6. The van der Waals surface area contributed by atoms with Crippen LogP contribution < -0.4 is 16.9 Å². The number of benzene rings is 1. The molecule has 1 aromatic carbocycles. The molecule has 0 radical (unpaired) electrons. The molecule has 6 N–H and O–H groups in total. The van der Waals surface area contributed by atoms with E-state index in [-0.39, 0.29) is 30.3 Å². The van der Waals surface area contributed by atoms with E-state index in [9.17, 15) is 4.79 Å². The maximum Gasteiger partial charge on any atom is 0.273 e. The van der Waals surface area contributed by atoms with Crippen LogP contribution in [-0.4, -0.2) is 39.9 Å². The van der Waals surface area contributed by atoms with Crippen molar-refractivity contribution in [2.45, 2.75) is 38.8 Å². The van der Waals surface area contributed by atoms with E-state index in [0.29, 0.717) is 24.3 Å². The van der Waals surface area contributed by atoms with Crippen molar-refractivity contribution in [3.05, 3.63) is 54.0 Å². The van der Waals surface area contributed by atoms with E-state index in [0.717, 1.165) is 5.56 Å². The summed E-state index contributed by atoms with van der Waals surface area (Å²) in [5, 5.41) is 17.3. The normalized spacial score (nSPS) is 18.7. The van der Waals surface area contributed by atoms with Crippen molar-refractivity contribution in [1.29, 1.82) is 0 Å². The maximum atomic E-state index is 12.3. The fraction of sp³-hybridized carbons (Fsp3) is 0.368. The molecule has 0 spiro atoms. The highest BCUT2D eigenvalue weighted by molar-refractivity contribution is 5.93. The highest BCUT2D eigenvalue weighted by Crippen LogP contribution is 2.26. The molecule has 8 nitrogen and oxygen atoms in total. The number of hydrogen-bond acceptors (Lipinski definition) is 7. The Hall–Kier alpha value is -2.84. The highest BCUT2D eigenvalue weighted by Gasteiger charge is 2.35. The zero-order chi connectivity index (χ0) is 19.8. The van der Waals surface area contributed by atoms with Crippen molar-refractivity contribution in [2.24, 2.45) is 11.6 Å². The molecule has 146 valence electrons. The van der Waals surface area contributed by atoms with Gasteiger partial charge in [0.2, 0.25) is 0 Å². The molecular formula is C19H27N5O3. The van der Waals surface area contributed by atoms with Crippen molar-refractivity contribution in [3.8, 4) is 11.3 Å². The Balaban J connectivity index is 0.00000126. The minimum absolute atomic E-state index is 0.00172. The van der Waals surface area contributed by atoms with Crippen molar-refractivity contribution in [2.75, 3.05) is 6.61 Å². The van der Waals surface area contributed by atoms with Crippen LogP contribution in [0.1, 0.15) is 37.2 Å². The zero-order valence-corrected chi connectivity index (χ0v) is 15.6. The third-order valence-electron chi connectivity index (χ3n) is 4.33. The summed E-state index contributed by atoms with van der Waals surface area (Å²) in [5.41, 5.74) is 6.97. The topological polar surface area (TPSA) is 131 Å². The molecule has 0 bridgehead atoms. The monoisotopic (exact) mass is 373 g/mol. The Morgan fingerprint density at radius 2 is 2.04 bits per heavy atom. The summed E-state index contributed by atoms with van der Waals surface area (Å²) in [6.45, 7) is 3.78. The fourth-order valence-electron chi connectivity index (χ4n) is 2.77. The first kappa shape index (κ1) is 20.5. The van der Waals surface area contributed by atoms with Crippen LogP contribution in [-0.2, 0) is 0 Å². The minimum atomic E-state index is -0.283. The van der Waals surface area contributed by atoms with Gasteiger partial charge in [-0.25, -0.2) is 5.84 Å². The largest absolute Gasteiger partial charge is 0.403 e. The molecule has 27 heavy (non-hydrogen) atoms. The van der Waals surface area contributed by atoms with Crippen LogP contribution in [0.3, 0.4) is 0 Å². The fourth-order valence-corrected chi connectivity index (χ4v) is 2.77. The molecule has 0 atom stereocenters. The predicted molar refractivity (Wildman–Crippen MR) is 103 cm³/mol. The van der Waals surface area contributed by atoms with Gasteiger partial charge in [-0.3, -0.25) is 4.79 Å². The molecule has 0 unspecified atom stereocenters. The number of aliphatic hydroxyl groups is 1. The molecule has 1 aromatic heterocycles. The Bertz CT molecular complexity index is 754. The number of carbonyl (C=O) groups is 1. The van der Waals surface area contributed by atoms with Gasteiger partial charge in [-0.15, -0.1) is 0 Å². The highest BCUT2D eigenvalue weighted by atomic mass is 16.5. The van der Waals surface area contributed by atoms with Crippen LogP contribution >= 0.6 is 0 Å². The third-order valence-corrected chi connectivity index (χ3v) is 4.33. The van der Waals surface area contributed by atoms with Gasteiger partial charge < -0.3 is 25.7 Å². The summed E-state index contributed by atoms with van der Waals surface area (Å²) in [6.07, 6.45) is 2.62. The van der Waals surface area contributed by atoms with E-state index in [1.807, 2.05) is 44.2 Å². The lowest BCUT2D eigenvalue weighted by Gasteiger charge is -2.42. The second-order valence-corrected chi connectivity index (χ2v) is 5.96. The summed E-state index contributed by atoms with van der Waals surface area (Å²) < 4.78 is 5.24. The average Bonchev–Trinajstić information content (AvgIpc) is 3.17. The summed E-state index contributed by atoms with van der Waals surface area (Å²) in [4.78, 5) is 12.3. The number of hydrazine groups is 1. The van der Waals surface area contributed by atoms with E-state index in [2.05, 4.69) is 10.5 Å². The molecule has 1 aliphatic carbocycles. The van der Waals surface area contributed by atoms with E-state index >= 15 is 0 Å². The summed E-state index contributed by atoms with van der Waals surface area (Å²) in [5.74, 6) is 6.17. The predicted octanol–water partition coefficient (Wildman–Crippen LogP) is 1.60. The van der Waals surface area contributed by atoms with Gasteiger partial charge in [0.1, 0.15) is 0 Å². The molecular weight excluding hydrogens is 346 g/mol. The Kier molecular flexibility index (Phi) is 7.39. The zero-order valence-electron chi connectivity index (χ0n) is 15.6. The Morgan fingerprint density at radius 3 is 2.63 bits per heavy atom. The molecule has 8 heteroatoms. The molecule has 3 rings (SSSR count). The van der Waals surface area contributed by atoms with Gasteiger partial charge in [-0.2, -0.15) is 0 Å². The smallest absolute Gasteiger partial charge is 0.273 e. The maximum absolute atomic E-state index is 12.3.